The molecule has 2 atom stereocenters. The average molecular weight is 309 g/mol. The number of ether oxygens (including phenoxy) is 1. The maximum atomic E-state index is 8.01. The topological polar surface area (TPSA) is 48.7 Å². The number of amidine groups is 1. The highest BCUT2D eigenvalue weighted by atomic mass is 16.5. The molecule has 4 heteroatoms. The van der Waals surface area contributed by atoms with Gasteiger partial charge in [-0.25, -0.2) is 0 Å². The molecule has 0 bridgehead atoms. The zero-order valence-electron chi connectivity index (χ0n) is 13.9. The molecule has 4 nitrogen and oxygen atoms in total. The van der Waals surface area contributed by atoms with Gasteiger partial charge in [0.25, 0.3) is 0 Å². The minimum atomic E-state index is -0.354. The van der Waals surface area contributed by atoms with Crippen LogP contribution < -0.4 is 0 Å². The molecule has 1 N–H and O–H groups in total. The van der Waals surface area contributed by atoms with Gasteiger partial charge in [0, 0.05) is 12.6 Å². The van der Waals surface area contributed by atoms with Crippen molar-refractivity contribution in [3.63, 3.8) is 0 Å². The Bertz CT molecular complexity index is 687. The van der Waals surface area contributed by atoms with Gasteiger partial charge in [-0.3, -0.25) is 10.4 Å². The molecule has 0 fully saturated rings. The minimum absolute atomic E-state index is 0.0545. The zero-order chi connectivity index (χ0) is 16.4. The van der Waals surface area contributed by atoms with Gasteiger partial charge in [-0.15, -0.1) is 0 Å². The van der Waals surface area contributed by atoms with Crippen LogP contribution in [0.25, 0.3) is 0 Å². The second-order valence-electron chi connectivity index (χ2n) is 6.07. The van der Waals surface area contributed by atoms with E-state index in [9.17, 15) is 0 Å². The van der Waals surface area contributed by atoms with Crippen LogP contribution in [0.4, 0.5) is 0 Å². The molecule has 0 spiro atoms. The Hall–Kier alpha value is -2.36. The van der Waals surface area contributed by atoms with Crippen molar-refractivity contribution in [2.75, 3.05) is 7.11 Å². The molecule has 120 valence electrons. The van der Waals surface area contributed by atoms with E-state index in [1.165, 1.54) is 11.1 Å². The summed E-state index contributed by atoms with van der Waals surface area (Å²) in [5.41, 5.74) is 2.08. The predicted octanol–water partition coefficient (Wildman–Crippen LogP) is 3.78. The van der Waals surface area contributed by atoms with E-state index in [2.05, 4.69) is 49.2 Å². The van der Waals surface area contributed by atoms with Crippen LogP contribution in [-0.4, -0.2) is 29.8 Å². The molecule has 0 radical (unpaired) electrons. The molecule has 0 amide bonds. The van der Waals surface area contributed by atoms with E-state index in [0.717, 1.165) is 12.3 Å². The van der Waals surface area contributed by atoms with E-state index in [4.69, 9.17) is 15.1 Å². The van der Waals surface area contributed by atoms with Gasteiger partial charge in [0.05, 0.1) is 13.2 Å². The Kier molecular flexibility index (Phi) is 4.07. The molecule has 2 unspecified atom stereocenters. The molecule has 23 heavy (non-hydrogen) atoms. The minimum Gasteiger partial charge on any atom is -0.484 e. The Morgan fingerprint density at radius 2 is 2.04 bits per heavy atom. The average Bonchev–Trinajstić information content (AvgIpc) is 2.90. The summed E-state index contributed by atoms with van der Waals surface area (Å²) in [5.74, 6) is 1.25. The van der Waals surface area contributed by atoms with E-state index in [1.807, 2.05) is 18.2 Å². The van der Waals surface area contributed by atoms with Crippen LogP contribution in [0, 0.1) is 12.3 Å². The van der Waals surface area contributed by atoms with Gasteiger partial charge in [0.1, 0.15) is 11.4 Å². The Labute approximate surface area is 137 Å². The number of nitrogens with zero attached hydrogens (tertiary/aromatic N) is 2. The third kappa shape index (κ3) is 2.58. The van der Waals surface area contributed by atoms with Crippen LogP contribution in [0.3, 0.4) is 0 Å². The largest absolute Gasteiger partial charge is 0.484 e. The summed E-state index contributed by atoms with van der Waals surface area (Å²) in [4.78, 5) is 7.26. The monoisotopic (exact) mass is 309 g/mol. The lowest BCUT2D eigenvalue weighted by atomic mass is 9.79. The van der Waals surface area contributed by atoms with Crippen LogP contribution in [0.1, 0.15) is 30.9 Å². The number of nitrogens with one attached hydrogen (secondary N) is 1. The molecule has 0 saturated heterocycles. The standard InChI is InChI=1S/C19H23N3O/c1-4-19(15-10-8-14(2)9-11-15)16(13-17(20)23-3)22-12-6-5-7-18(22)21-19/h5-12,16,20H,4,13H2,1-3H3. The van der Waals surface area contributed by atoms with Gasteiger partial charge in [0.15, 0.2) is 5.90 Å². The number of aryl methyl sites for hydroxylation is 1. The van der Waals surface area contributed by atoms with Crippen molar-refractivity contribution in [2.24, 2.45) is 4.99 Å². The van der Waals surface area contributed by atoms with E-state index in [1.54, 1.807) is 7.11 Å². The number of hydrogen-bond donors (Lipinski definition) is 1. The van der Waals surface area contributed by atoms with Crippen molar-refractivity contribution in [1.82, 2.24) is 4.90 Å². The van der Waals surface area contributed by atoms with Gasteiger partial charge in [-0.2, -0.15) is 0 Å². The summed E-state index contributed by atoms with van der Waals surface area (Å²) in [6, 6.07) is 8.65. The summed E-state index contributed by atoms with van der Waals surface area (Å²) in [6.07, 6.45) is 9.52. The highest BCUT2D eigenvalue weighted by Gasteiger charge is 2.48. The van der Waals surface area contributed by atoms with Crippen LogP contribution in [-0.2, 0) is 10.3 Å². The highest BCUT2D eigenvalue weighted by molar-refractivity contribution is 5.97. The predicted molar refractivity (Wildman–Crippen MR) is 93.8 cm³/mol. The number of allylic oxidation sites excluding steroid dienone is 2. The first kappa shape index (κ1) is 15.5. The second-order valence-corrected chi connectivity index (χ2v) is 6.07. The molecular formula is C19H23N3O. The lowest BCUT2D eigenvalue weighted by Gasteiger charge is -2.36. The third-order valence-electron chi connectivity index (χ3n) is 4.78. The number of rotatable bonds is 4. The van der Waals surface area contributed by atoms with Crippen molar-refractivity contribution < 1.29 is 4.74 Å². The summed E-state index contributed by atoms with van der Waals surface area (Å²) in [6.45, 7) is 4.26. The number of hydrogen-bond acceptors (Lipinski definition) is 4. The Balaban J connectivity index is 2.08. The van der Waals surface area contributed by atoms with E-state index in [-0.39, 0.29) is 11.6 Å². The molecule has 2 aliphatic rings. The van der Waals surface area contributed by atoms with Crippen LogP contribution in [0.2, 0.25) is 0 Å². The maximum absolute atomic E-state index is 8.01. The fourth-order valence-corrected chi connectivity index (χ4v) is 3.46. The van der Waals surface area contributed by atoms with E-state index in [0.29, 0.717) is 12.3 Å². The summed E-state index contributed by atoms with van der Waals surface area (Å²) >= 11 is 0. The lowest BCUT2D eigenvalue weighted by Crippen LogP contribution is -2.44. The van der Waals surface area contributed by atoms with Crippen LogP contribution in [0.5, 0.6) is 0 Å². The first-order chi connectivity index (χ1) is 11.1. The number of methoxy groups -OCH3 is 1. The first-order valence-electron chi connectivity index (χ1n) is 8.02. The highest BCUT2D eigenvalue weighted by Crippen LogP contribution is 2.43. The normalized spacial score (nSPS) is 25.3. The number of aliphatic imine (C=N–C) groups is 1. The molecule has 2 heterocycles. The van der Waals surface area contributed by atoms with E-state index < -0.39 is 0 Å². The van der Waals surface area contributed by atoms with Crippen LogP contribution >= 0.6 is 0 Å². The fourth-order valence-electron chi connectivity index (χ4n) is 3.46. The first-order valence-corrected chi connectivity index (χ1v) is 8.02. The molecule has 2 aliphatic heterocycles. The number of fused-ring (bicyclic) bond motifs is 1. The molecule has 1 aromatic rings. The Morgan fingerprint density at radius 3 is 2.70 bits per heavy atom. The van der Waals surface area contributed by atoms with Gasteiger partial charge in [0.2, 0.25) is 0 Å². The van der Waals surface area contributed by atoms with Gasteiger partial charge in [-0.05, 0) is 31.1 Å². The SMILES string of the molecule is CCC1(c2ccc(C)cc2)N=C2C=CC=CN2C1CC(=N)OC. The van der Waals surface area contributed by atoms with Gasteiger partial charge < -0.3 is 9.64 Å². The fraction of sp³-hybridized carbons (Fsp3) is 0.368. The molecule has 1 aromatic carbocycles. The zero-order valence-corrected chi connectivity index (χ0v) is 13.9. The van der Waals surface area contributed by atoms with Crippen molar-refractivity contribution in [3.8, 4) is 0 Å². The van der Waals surface area contributed by atoms with E-state index >= 15 is 0 Å². The van der Waals surface area contributed by atoms with Crippen molar-refractivity contribution in [2.45, 2.75) is 38.3 Å². The quantitative estimate of drug-likeness (QED) is 0.679. The summed E-state index contributed by atoms with van der Waals surface area (Å²) in [7, 11) is 1.56. The van der Waals surface area contributed by atoms with Crippen molar-refractivity contribution in [3.05, 3.63) is 59.8 Å². The summed E-state index contributed by atoms with van der Waals surface area (Å²) in [5, 5.41) is 8.01. The second kappa shape index (κ2) is 6.03. The molecule has 0 aromatic heterocycles. The van der Waals surface area contributed by atoms with Crippen LogP contribution in [0.15, 0.2) is 53.7 Å². The molecule has 3 rings (SSSR count). The lowest BCUT2D eigenvalue weighted by molar-refractivity contribution is 0.256. The molecular weight excluding hydrogens is 286 g/mol. The smallest absolute Gasteiger partial charge is 0.182 e. The van der Waals surface area contributed by atoms with Crippen molar-refractivity contribution >= 4 is 11.7 Å². The molecule has 0 saturated carbocycles. The van der Waals surface area contributed by atoms with Crippen molar-refractivity contribution in [1.29, 1.82) is 5.41 Å². The maximum Gasteiger partial charge on any atom is 0.182 e. The third-order valence-corrected chi connectivity index (χ3v) is 4.78. The Morgan fingerprint density at radius 1 is 1.30 bits per heavy atom. The summed E-state index contributed by atoms with van der Waals surface area (Å²) < 4.78 is 5.15. The number of benzene rings is 1. The van der Waals surface area contributed by atoms with Gasteiger partial charge in [-0.1, -0.05) is 42.8 Å². The molecule has 0 aliphatic carbocycles. The van der Waals surface area contributed by atoms with Gasteiger partial charge >= 0.3 is 0 Å².